The van der Waals surface area contributed by atoms with Crippen molar-refractivity contribution in [2.24, 2.45) is 9.98 Å². The highest BCUT2D eigenvalue weighted by Gasteiger charge is 2.43. The highest BCUT2D eigenvalue weighted by molar-refractivity contribution is 6.15. The van der Waals surface area contributed by atoms with E-state index in [0.717, 1.165) is 65.5 Å². The lowest BCUT2D eigenvalue weighted by Gasteiger charge is -2.43. The van der Waals surface area contributed by atoms with E-state index in [2.05, 4.69) is 29.6 Å². The molecule has 3 aliphatic rings. The highest BCUT2D eigenvalue weighted by Crippen LogP contribution is 2.55. The Balaban J connectivity index is 1.16. The van der Waals surface area contributed by atoms with E-state index in [1.165, 1.54) is 17.5 Å². The first-order valence-electron chi connectivity index (χ1n) is 15.2. The average molecular weight is 575 g/mol. The number of benzene rings is 4. The van der Waals surface area contributed by atoms with Gasteiger partial charge in [0.1, 0.15) is 23.1 Å². The molecule has 6 heteroatoms. The van der Waals surface area contributed by atoms with E-state index in [4.69, 9.17) is 19.1 Å². The van der Waals surface area contributed by atoms with Gasteiger partial charge in [0, 0.05) is 27.7 Å². The van der Waals surface area contributed by atoms with Gasteiger partial charge in [-0.05, 0) is 60.9 Å². The number of hydrogen-bond donors (Lipinski definition) is 1. The summed E-state index contributed by atoms with van der Waals surface area (Å²) in [6.45, 7) is 0. The Labute approximate surface area is 256 Å². The molecule has 0 amide bonds. The van der Waals surface area contributed by atoms with Crippen LogP contribution in [0.3, 0.4) is 0 Å². The number of rotatable bonds is 4. The van der Waals surface area contributed by atoms with E-state index in [-0.39, 0.29) is 11.6 Å². The molecule has 1 atom stereocenters. The summed E-state index contributed by atoms with van der Waals surface area (Å²) < 4.78 is 12.9. The first kappa shape index (κ1) is 26.2. The Morgan fingerprint density at radius 3 is 2.23 bits per heavy atom. The number of hydrogen-bond acceptors (Lipinski definition) is 6. The van der Waals surface area contributed by atoms with Crippen LogP contribution in [0.15, 0.2) is 124 Å². The fraction of sp³-hybridized carbons (Fsp3) is 0.184. The number of amidine groups is 2. The van der Waals surface area contributed by atoms with Crippen LogP contribution >= 0.6 is 0 Å². The molecule has 0 bridgehead atoms. The third-order valence-corrected chi connectivity index (χ3v) is 9.06. The minimum absolute atomic E-state index is 0.139. The van der Waals surface area contributed by atoms with Gasteiger partial charge in [0.05, 0.1) is 11.6 Å². The van der Waals surface area contributed by atoms with E-state index < -0.39 is 0 Å². The molecule has 5 aromatic rings. The molecule has 0 radical (unpaired) electrons. The number of fused-ring (bicyclic) bond motifs is 4. The molecule has 1 spiro atoms. The van der Waals surface area contributed by atoms with Crippen LogP contribution in [-0.2, 0) is 5.41 Å². The maximum Gasteiger partial charge on any atom is 0.172 e. The van der Waals surface area contributed by atoms with E-state index >= 15 is 0 Å². The molecule has 2 aliphatic heterocycles. The molecule has 1 saturated carbocycles. The summed E-state index contributed by atoms with van der Waals surface area (Å²) in [6, 6.07) is 38.7. The van der Waals surface area contributed by atoms with Crippen LogP contribution < -0.4 is 10.1 Å². The quantitative estimate of drug-likeness (QED) is 0.233. The van der Waals surface area contributed by atoms with Crippen LogP contribution in [0, 0.1) is 11.3 Å². The maximum absolute atomic E-state index is 9.50. The molecule has 44 heavy (non-hydrogen) atoms. The Morgan fingerprint density at radius 2 is 1.43 bits per heavy atom. The van der Waals surface area contributed by atoms with Gasteiger partial charge in [0.25, 0.3) is 0 Å². The fourth-order valence-electron chi connectivity index (χ4n) is 6.89. The van der Waals surface area contributed by atoms with Crippen LogP contribution in [0.4, 0.5) is 0 Å². The highest BCUT2D eigenvalue weighted by atomic mass is 16.5. The Kier molecular flexibility index (Phi) is 6.38. The second kappa shape index (κ2) is 10.7. The lowest BCUT2D eigenvalue weighted by atomic mass is 9.63. The lowest BCUT2D eigenvalue weighted by molar-refractivity contribution is 0.306. The van der Waals surface area contributed by atoms with Crippen molar-refractivity contribution < 1.29 is 9.15 Å². The van der Waals surface area contributed by atoms with Gasteiger partial charge in [0.15, 0.2) is 17.8 Å². The second-order valence-corrected chi connectivity index (χ2v) is 11.7. The summed E-state index contributed by atoms with van der Waals surface area (Å²) in [5.41, 5.74) is 5.85. The molecular weight excluding hydrogens is 544 g/mol. The molecule has 6 nitrogen and oxygen atoms in total. The largest absolute Gasteiger partial charge is 0.457 e. The molecule has 8 rings (SSSR count). The molecular formula is C38H30N4O2. The van der Waals surface area contributed by atoms with Crippen molar-refractivity contribution in [2.45, 2.75) is 43.7 Å². The van der Waals surface area contributed by atoms with Gasteiger partial charge in [-0.25, -0.2) is 9.98 Å². The SMILES string of the molecule is N#Cc1ccc2c(c1)Oc1ccc(-c3ccc(C4=NC(c5ccccc5)N=C(c5ccccc5)N4)o3)cc1C21CCCCC1. The van der Waals surface area contributed by atoms with Crippen LogP contribution in [0.5, 0.6) is 11.5 Å². The number of ether oxygens (including phenoxy) is 1. The van der Waals surface area contributed by atoms with Gasteiger partial charge in [-0.1, -0.05) is 86.0 Å². The monoisotopic (exact) mass is 574 g/mol. The lowest BCUT2D eigenvalue weighted by Crippen LogP contribution is -2.35. The Hall–Kier alpha value is -5.41. The predicted molar refractivity (Wildman–Crippen MR) is 171 cm³/mol. The van der Waals surface area contributed by atoms with Gasteiger partial charge in [0.2, 0.25) is 0 Å². The van der Waals surface area contributed by atoms with Crippen molar-refractivity contribution in [3.05, 3.63) is 143 Å². The molecule has 0 saturated heterocycles. The van der Waals surface area contributed by atoms with Crippen LogP contribution in [-0.4, -0.2) is 11.7 Å². The molecule has 1 aliphatic carbocycles. The van der Waals surface area contributed by atoms with Gasteiger partial charge in [-0.2, -0.15) is 5.26 Å². The summed E-state index contributed by atoms with van der Waals surface area (Å²) >= 11 is 0. The first-order chi connectivity index (χ1) is 21.7. The summed E-state index contributed by atoms with van der Waals surface area (Å²) in [5, 5.41) is 12.9. The third-order valence-electron chi connectivity index (χ3n) is 9.06. The molecule has 3 heterocycles. The minimum Gasteiger partial charge on any atom is -0.457 e. The molecule has 214 valence electrons. The van der Waals surface area contributed by atoms with Crippen molar-refractivity contribution >= 4 is 11.7 Å². The van der Waals surface area contributed by atoms with Crippen molar-refractivity contribution in [1.29, 1.82) is 5.26 Å². The van der Waals surface area contributed by atoms with Gasteiger partial charge in [-0.15, -0.1) is 0 Å². The molecule has 1 unspecified atom stereocenters. The van der Waals surface area contributed by atoms with Crippen LogP contribution in [0.25, 0.3) is 11.3 Å². The first-order valence-corrected chi connectivity index (χ1v) is 15.2. The summed E-state index contributed by atoms with van der Waals surface area (Å²) in [4.78, 5) is 9.90. The van der Waals surface area contributed by atoms with E-state index in [0.29, 0.717) is 17.2 Å². The number of nitriles is 1. The van der Waals surface area contributed by atoms with Crippen LogP contribution in [0.1, 0.15) is 71.8 Å². The van der Waals surface area contributed by atoms with Gasteiger partial charge < -0.3 is 14.5 Å². The summed E-state index contributed by atoms with van der Waals surface area (Å²) in [5.74, 6) is 4.48. The Morgan fingerprint density at radius 1 is 0.682 bits per heavy atom. The second-order valence-electron chi connectivity index (χ2n) is 11.7. The van der Waals surface area contributed by atoms with Gasteiger partial charge in [-0.3, -0.25) is 0 Å². The van der Waals surface area contributed by atoms with Crippen molar-refractivity contribution in [3.63, 3.8) is 0 Å². The number of nitrogens with zero attached hydrogens (tertiary/aromatic N) is 3. The summed E-state index contributed by atoms with van der Waals surface area (Å²) in [6.07, 6.45) is 5.28. The smallest absolute Gasteiger partial charge is 0.172 e. The van der Waals surface area contributed by atoms with E-state index in [1.54, 1.807) is 0 Å². The van der Waals surface area contributed by atoms with Crippen LogP contribution in [0.2, 0.25) is 0 Å². The zero-order chi connectivity index (χ0) is 29.5. The van der Waals surface area contributed by atoms with Gasteiger partial charge >= 0.3 is 0 Å². The topological polar surface area (TPSA) is 82.9 Å². The predicted octanol–water partition coefficient (Wildman–Crippen LogP) is 8.67. The fourth-order valence-corrected chi connectivity index (χ4v) is 6.89. The van der Waals surface area contributed by atoms with Crippen molar-refractivity contribution in [1.82, 2.24) is 5.32 Å². The number of furan rings is 1. The summed E-state index contributed by atoms with van der Waals surface area (Å²) in [7, 11) is 0. The average Bonchev–Trinajstić information content (AvgIpc) is 3.60. The third kappa shape index (κ3) is 4.49. The Bertz CT molecular complexity index is 1960. The van der Waals surface area contributed by atoms with Crippen molar-refractivity contribution in [3.8, 4) is 28.9 Å². The zero-order valence-corrected chi connectivity index (χ0v) is 24.2. The molecule has 1 N–H and O–H groups in total. The van der Waals surface area contributed by atoms with Crippen molar-refractivity contribution in [2.75, 3.05) is 0 Å². The molecule has 4 aromatic carbocycles. The molecule has 1 aromatic heterocycles. The molecule has 1 fully saturated rings. The van der Waals surface area contributed by atoms with E-state index in [9.17, 15) is 5.26 Å². The normalized spacial score (nSPS) is 18.1. The number of nitrogens with one attached hydrogen (secondary N) is 1. The standard InChI is InChI=1S/C38H30N4O2/c39-24-25-14-16-29-34(22-25)44-32-17-15-28(23-30(32)38(29)20-8-3-9-21-38)31-18-19-33(43-31)37-41-35(26-10-4-1-5-11-26)40-36(42-37)27-12-6-2-7-13-27/h1-2,4-7,10-19,22-23,35H,3,8-9,20-21H2,(H,40,41,42). The number of aliphatic imine (C=N–C) groups is 2. The maximum atomic E-state index is 9.50. The minimum atomic E-state index is -0.384. The zero-order valence-electron chi connectivity index (χ0n) is 24.2. The van der Waals surface area contributed by atoms with E-state index in [1.807, 2.05) is 91.0 Å².